The highest BCUT2D eigenvalue weighted by Crippen LogP contribution is 2.11. The van der Waals surface area contributed by atoms with E-state index in [1.807, 2.05) is 19.1 Å². The molecule has 6 nitrogen and oxygen atoms in total. The van der Waals surface area contributed by atoms with Gasteiger partial charge in [-0.1, -0.05) is 31.5 Å². The fraction of sp³-hybridized carbons (Fsp3) is 0.438. The van der Waals surface area contributed by atoms with E-state index in [1.54, 1.807) is 19.1 Å². The van der Waals surface area contributed by atoms with Crippen molar-refractivity contribution in [3.63, 3.8) is 0 Å². The molecule has 0 aliphatic carbocycles. The maximum atomic E-state index is 12.3. The molecule has 1 aromatic carbocycles. The summed E-state index contributed by atoms with van der Waals surface area (Å²) in [7, 11) is 0. The minimum absolute atomic E-state index is 0.149. The second-order valence-corrected chi connectivity index (χ2v) is 5.34. The molecule has 0 spiro atoms. The van der Waals surface area contributed by atoms with E-state index in [0.717, 1.165) is 11.8 Å². The molecule has 1 aromatic heterocycles. The number of aryl methyl sites for hydroxylation is 1. The zero-order valence-electron chi connectivity index (χ0n) is 12.9. The van der Waals surface area contributed by atoms with Crippen molar-refractivity contribution in [3.8, 4) is 0 Å². The molecule has 0 aliphatic heterocycles. The number of aliphatic hydroxyl groups excluding tert-OH is 1. The molecule has 0 fully saturated rings. The number of fused-ring (bicyclic) bond motifs is 1. The van der Waals surface area contributed by atoms with Crippen molar-refractivity contribution in [2.45, 2.75) is 39.3 Å². The lowest BCUT2D eigenvalue weighted by molar-refractivity contribution is -0.122. The molecular formula is C16H21N3O3. The molecule has 22 heavy (non-hydrogen) atoms. The number of benzene rings is 1. The van der Waals surface area contributed by atoms with Gasteiger partial charge in [-0.15, -0.1) is 0 Å². The van der Waals surface area contributed by atoms with Gasteiger partial charge in [-0.25, -0.2) is 4.68 Å². The molecule has 0 bridgehead atoms. The fourth-order valence-electron chi connectivity index (χ4n) is 2.37. The van der Waals surface area contributed by atoms with Crippen LogP contribution in [0.1, 0.15) is 25.5 Å². The van der Waals surface area contributed by atoms with E-state index in [-0.39, 0.29) is 24.6 Å². The maximum Gasteiger partial charge on any atom is 0.275 e. The Hall–Kier alpha value is -2.21. The fourth-order valence-corrected chi connectivity index (χ4v) is 2.37. The Kier molecular flexibility index (Phi) is 5.27. The molecule has 0 saturated heterocycles. The summed E-state index contributed by atoms with van der Waals surface area (Å²) in [6.07, 6.45) is 0.923. The Morgan fingerprint density at radius 1 is 1.36 bits per heavy atom. The van der Waals surface area contributed by atoms with E-state index in [4.69, 9.17) is 0 Å². The third-order valence-electron chi connectivity index (χ3n) is 3.50. The van der Waals surface area contributed by atoms with Crippen molar-refractivity contribution in [1.82, 2.24) is 15.1 Å². The van der Waals surface area contributed by atoms with Crippen LogP contribution in [0.2, 0.25) is 0 Å². The minimum atomic E-state index is -0.558. The van der Waals surface area contributed by atoms with Crippen LogP contribution in [0.3, 0.4) is 0 Å². The lowest BCUT2D eigenvalue weighted by Gasteiger charge is -2.12. The molecule has 0 aliphatic rings. The van der Waals surface area contributed by atoms with Gasteiger partial charge < -0.3 is 10.4 Å². The van der Waals surface area contributed by atoms with Crippen molar-refractivity contribution in [2.24, 2.45) is 0 Å². The molecule has 1 atom stereocenters. The standard InChI is InChI=1S/C16H21N3O3/c1-3-6-12(20)9-17-15(21)10-19-16(22)14-8-5-4-7-13(14)11(2)18-19/h4-5,7-8,12,20H,3,6,9-10H2,1-2H3,(H,17,21). The normalized spacial score (nSPS) is 12.3. The summed E-state index contributed by atoms with van der Waals surface area (Å²) in [5.41, 5.74) is 0.416. The van der Waals surface area contributed by atoms with Crippen molar-refractivity contribution in [1.29, 1.82) is 0 Å². The third kappa shape index (κ3) is 3.71. The van der Waals surface area contributed by atoms with Crippen LogP contribution < -0.4 is 10.9 Å². The Balaban J connectivity index is 2.13. The SMILES string of the molecule is CCCC(O)CNC(=O)Cn1nc(C)c2ccccc2c1=O. The van der Waals surface area contributed by atoms with Crippen LogP contribution in [-0.4, -0.2) is 33.4 Å². The monoisotopic (exact) mass is 303 g/mol. The van der Waals surface area contributed by atoms with Crippen molar-refractivity contribution < 1.29 is 9.90 Å². The van der Waals surface area contributed by atoms with Crippen LogP contribution in [-0.2, 0) is 11.3 Å². The number of rotatable bonds is 6. The van der Waals surface area contributed by atoms with Gasteiger partial charge in [0.1, 0.15) is 6.54 Å². The van der Waals surface area contributed by atoms with Crippen molar-refractivity contribution in [3.05, 3.63) is 40.3 Å². The molecular weight excluding hydrogens is 282 g/mol. The van der Waals surface area contributed by atoms with Crippen molar-refractivity contribution >= 4 is 16.7 Å². The van der Waals surface area contributed by atoms with Gasteiger partial charge in [-0.05, 0) is 19.4 Å². The summed E-state index contributed by atoms with van der Waals surface area (Å²) < 4.78 is 1.17. The zero-order chi connectivity index (χ0) is 16.1. The summed E-state index contributed by atoms with van der Waals surface area (Å²) in [4.78, 5) is 24.2. The van der Waals surface area contributed by atoms with Gasteiger partial charge >= 0.3 is 0 Å². The molecule has 2 aromatic rings. The van der Waals surface area contributed by atoms with Crippen LogP contribution >= 0.6 is 0 Å². The molecule has 0 saturated carbocycles. The van der Waals surface area contributed by atoms with E-state index in [2.05, 4.69) is 10.4 Å². The number of amides is 1. The summed E-state index contributed by atoms with van der Waals surface area (Å²) in [6.45, 7) is 3.81. The highest BCUT2D eigenvalue weighted by molar-refractivity contribution is 5.83. The minimum Gasteiger partial charge on any atom is -0.391 e. The largest absolute Gasteiger partial charge is 0.391 e. The van der Waals surface area contributed by atoms with Crippen LogP contribution in [0.25, 0.3) is 10.8 Å². The van der Waals surface area contributed by atoms with Gasteiger partial charge in [0, 0.05) is 11.9 Å². The van der Waals surface area contributed by atoms with E-state index in [1.165, 1.54) is 4.68 Å². The highest BCUT2D eigenvalue weighted by Gasteiger charge is 2.11. The molecule has 118 valence electrons. The first-order valence-electron chi connectivity index (χ1n) is 7.44. The average molecular weight is 303 g/mol. The number of hydrogen-bond acceptors (Lipinski definition) is 4. The Morgan fingerprint density at radius 3 is 2.73 bits per heavy atom. The Bertz CT molecular complexity index is 724. The van der Waals surface area contributed by atoms with Crippen LogP contribution in [0.15, 0.2) is 29.1 Å². The maximum absolute atomic E-state index is 12.3. The number of aliphatic hydroxyl groups is 1. The third-order valence-corrected chi connectivity index (χ3v) is 3.50. The number of nitrogens with one attached hydrogen (secondary N) is 1. The number of carbonyl (C=O) groups excluding carboxylic acids is 1. The van der Waals surface area contributed by atoms with Crippen LogP contribution in [0.4, 0.5) is 0 Å². The quantitative estimate of drug-likeness (QED) is 0.833. The van der Waals surface area contributed by atoms with Crippen molar-refractivity contribution in [2.75, 3.05) is 6.54 Å². The highest BCUT2D eigenvalue weighted by atomic mass is 16.3. The Labute approximate surface area is 128 Å². The smallest absolute Gasteiger partial charge is 0.275 e. The van der Waals surface area contributed by atoms with E-state index < -0.39 is 6.10 Å². The first-order chi connectivity index (χ1) is 10.5. The van der Waals surface area contributed by atoms with Gasteiger partial charge in [0.05, 0.1) is 17.2 Å². The second kappa shape index (κ2) is 7.17. The molecule has 1 unspecified atom stereocenters. The van der Waals surface area contributed by atoms with Gasteiger partial charge in [0.15, 0.2) is 0 Å². The number of nitrogens with zero attached hydrogens (tertiary/aromatic N) is 2. The second-order valence-electron chi connectivity index (χ2n) is 5.34. The van der Waals surface area contributed by atoms with E-state index in [0.29, 0.717) is 17.5 Å². The molecule has 6 heteroatoms. The molecule has 2 rings (SSSR count). The number of carbonyl (C=O) groups is 1. The predicted molar refractivity (Wildman–Crippen MR) is 84.7 cm³/mol. The van der Waals surface area contributed by atoms with Gasteiger partial charge in [-0.3, -0.25) is 9.59 Å². The van der Waals surface area contributed by atoms with Gasteiger partial charge in [0.25, 0.3) is 5.56 Å². The number of aromatic nitrogens is 2. The first-order valence-corrected chi connectivity index (χ1v) is 7.44. The zero-order valence-corrected chi connectivity index (χ0v) is 12.9. The Morgan fingerprint density at radius 2 is 2.05 bits per heavy atom. The van der Waals surface area contributed by atoms with Gasteiger partial charge in [-0.2, -0.15) is 5.10 Å². The lowest BCUT2D eigenvalue weighted by atomic mass is 10.1. The first kappa shape index (κ1) is 16.2. The van der Waals surface area contributed by atoms with E-state index in [9.17, 15) is 14.7 Å². The summed E-state index contributed by atoms with van der Waals surface area (Å²) in [5.74, 6) is -0.334. The topological polar surface area (TPSA) is 84.2 Å². The molecule has 1 heterocycles. The average Bonchev–Trinajstić information content (AvgIpc) is 2.51. The summed E-state index contributed by atoms with van der Waals surface area (Å²) >= 11 is 0. The summed E-state index contributed by atoms with van der Waals surface area (Å²) in [6, 6.07) is 7.20. The van der Waals surface area contributed by atoms with E-state index >= 15 is 0 Å². The lowest BCUT2D eigenvalue weighted by Crippen LogP contribution is -2.37. The summed E-state index contributed by atoms with van der Waals surface area (Å²) in [5, 5.41) is 17.8. The van der Waals surface area contributed by atoms with Crippen LogP contribution in [0, 0.1) is 6.92 Å². The number of hydrogen-bond donors (Lipinski definition) is 2. The molecule has 1 amide bonds. The molecule has 2 N–H and O–H groups in total. The van der Waals surface area contributed by atoms with Crippen LogP contribution in [0.5, 0.6) is 0 Å². The predicted octanol–water partition coefficient (Wildman–Crippen LogP) is 0.982. The van der Waals surface area contributed by atoms with Gasteiger partial charge in [0.2, 0.25) is 5.91 Å². The molecule has 0 radical (unpaired) electrons.